The van der Waals surface area contributed by atoms with Gasteiger partial charge in [0.25, 0.3) is 0 Å². The Morgan fingerprint density at radius 3 is 2.57 bits per heavy atom. The fourth-order valence-electron chi connectivity index (χ4n) is 1.92. The van der Waals surface area contributed by atoms with Gasteiger partial charge in [-0.2, -0.15) is 0 Å². The number of hydrogen-bond donors (Lipinski definition) is 2. The molecule has 122 valence electrons. The summed E-state index contributed by atoms with van der Waals surface area (Å²) in [5.74, 6) is -0.961. The summed E-state index contributed by atoms with van der Waals surface area (Å²) in [6, 6.07) is 12.4. The molecule has 2 rings (SSSR count). The topological polar surface area (TPSA) is 75.3 Å². The molecule has 0 heterocycles. The average molecular weight is 336 g/mol. The number of sulfonamides is 1. The third-order valence-electron chi connectivity index (χ3n) is 3.16. The molecule has 0 aliphatic heterocycles. The molecule has 0 bridgehead atoms. The maximum atomic E-state index is 13.4. The third kappa shape index (κ3) is 4.87. The van der Waals surface area contributed by atoms with Gasteiger partial charge in [-0.15, -0.1) is 0 Å². The first-order valence-electron chi connectivity index (χ1n) is 6.95. The molecule has 2 N–H and O–H groups in total. The first-order valence-corrected chi connectivity index (χ1v) is 8.43. The van der Waals surface area contributed by atoms with Crippen molar-refractivity contribution >= 4 is 15.9 Å². The molecule has 0 aromatic heterocycles. The van der Waals surface area contributed by atoms with E-state index in [1.54, 1.807) is 37.3 Å². The lowest BCUT2D eigenvalue weighted by Gasteiger charge is -2.09. The minimum absolute atomic E-state index is 0.00230. The fourth-order valence-corrected chi connectivity index (χ4v) is 3.01. The molecule has 0 unspecified atom stereocenters. The van der Waals surface area contributed by atoms with Gasteiger partial charge in [-0.3, -0.25) is 4.79 Å². The molecule has 0 atom stereocenters. The van der Waals surface area contributed by atoms with Crippen molar-refractivity contribution in [1.29, 1.82) is 0 Å². The molecule has 5 nitrogen and oxygen atoms in total. The Kier molecular flexibility index (Phi) is 5.46. The Bertz CT molecular complexity index is 806. The number of aryl methyl sites for hydroxylation is 1. The van der Waals surface area contributed by atoms with E-state index >= 15 is 0 Å². The van der Waals surface area contributed by atoms with E-state index in [4.69, 9.17) is 0 Å². The maximum absolute atomic E-state index is 13.4. The van der Waals surface area contributed by atoms with Gasteiger partial charge >= 0.3 is 0 Å². The minimum Gasteiger partial charge on any atom is -0.351 e. The van der Waals surface area contributed by atoms with E-state index in [9.17, 15) is 17.6 Å². The molecule has 0 saturated carbocycles. The summed E-state index contributed by atoms with van der Waals surface area (Å²) in [4.78, 5) is 11.8. The van der Waals surface area contributed by atoms with Crippen LogP contribution in [0.25, 0.3) is 0 Å². The van der Waals surface area contributed by atoms with Crippen LogP contribution in [0.3, 0.4) is 0 Å². The number of amides is 1. The van der Waals surface area contributed by atoms with Crippen LogP contribution >= 0.6 is 0 Å². The number of carbonyl (C=O) groups excluding carboxylic acids is 1. The fraction of sp³-hybridized carbons (Fsp3) is 0.188. The van der Waals surface area contributed by atoms with E-state index < -0.39 is 28.3 Å². The molecule has 7 heteroatoms. The molecule has 1 amide bonds. The normalized spacial score (nSPS) is 11.2. The summed E-state index contributed by atoms with van der Waals surface area (Å²) in [6.45, 7) is 1.36. The maximum Gasteiger partial charge on any atom is 0.241 e. The van der Waals surface area contributed by atoms with Crippen LogP contribution in [0.5, 0.6) is 0 Å². The average Bonchev–Trinajstić information content (AvgIpc) is 2.52. The van der Waals surface area contributed by atoms with E-state index in [1.807, 2.05) is 0 Å². The van der Waals surface area contributed by atoms with Crippen molar-refractivity contribution < 1.29 is 17.6 Å². The van der Waals surface area contributed by atoms with Gasteiger partial charge in [-0.25, -0.2) is 17.5 Å². The number of carbonyl (C=O) groups is 1. The predicted molar refractivity (Wildman–Crippen MR) is 84.6 cm³/mol. The lowest BCUT2D eigenvalue weighted by molar-refractivity contribution is -0.120. The Morgan fingerprint density at radius 2 is 1.87 bits per heavy atom. The van der Waals surface area contributed by atoms with Gasteiger partial charge in [0.05, 0.1) is 11.4 Å². The van der Waals surface area contributed by atoms with Gasteiger partial charge in [0, 0.05) is 12.1 Å². The van der Waals surface area contributed by atoms with Crippen molar-refractivity contribution in [2.24, 2.45) is 0 Å². The van der Waals surface area contributed by atoms with Crippen molar-refractivity contribution in [2.45, 2.75) is 18.4 Å². The molecule has 0 aliphatic carbocycles. The van der Waals surface area contributed by atoms with Gasteiger partial charge in [0.15, 0.2) is 0 Å². The van der Waals surface area contributed by atoms with Crippen LogP contribution in [0, 0.1) is 12.7 Å². The summed E-state index contributed by atoms with van der Waals surface area (Å²) in [7, 11) is -3.75. The highest BCUT2D eigenvalue weighted by Gasteiger charge is 2.15. The van der Waals surface area contributed by atoms with Gasteiger partial charge in [0.2, 0.25) is 15.9 Å². The van der Waals surface area contributed by atoms with E-state index in [0.717, 1.165) is 5.56 Å². The van der Waals surface area contributed by atoms with Crippen molar-refractivity contribution in [3.8, 4) is 0 Å². The Balaban J connectivity index is 1.90. The van der Waals surface area contributed by atoms with Crippen LogP contribution in [0.2, 0.25) is 0 Å². The highest BCUT2D eigenvalue weighted by molar-refractivity contribution is 7.89. The van der Waals surface area contributed by atoms with Crippen molar-refractivity contribution in [3.63, 3.8) is 0 Å². The van der Waals surface area contributed by atoms with Crippen LogP contribution in [0.4, 0.5) is 4.39 Å². The first kappa shape index (κ1) is 17.1. The number of halogens is 1. The van der Waals surface area contributed by atoms with E-state index in [0.29, 0.717) is 5.56 Å². The van der Waals surface area contributed by atoms with Gasteiger partial charge in [-0.1, -0.05) is 30.3 Å². The van der Waals surface area contributed by atoms with Crippen LogP contribution in [-0.4, -0.2) is 20.9 Å². The Labute approximate surface area is 134 Å². The summed E-state index contributed by atoms with van der Waals surface area (Å²) < 4.78 is 39.8. The van der Waals surface area contributed by atoms with Gasteiger partial charge < -0.3 is 5.32 Å². The summed E-state index contributed by atoms with van der Waals surface area (Å²) in [5, 5.41) is 2.47. The second-order valence-electron chi connectivity index (χ2n) is 5.01. The quantitative estimate of drug-likeness (QED) is 0.843. The predicted octanol–water partition coefficient (Wildman–Crippen LogP) is 1.73. The Hall–Kier alpha value is -2.25. The second kappa shape index (κ2) is 7.34. The van der Waals surface area contributed by atoms with Crippen LogP contribution in [0.1, 0.15) is 11.1 Å². The zero-order valence-electron chi connectivity index (χ0n) is 12.5. The molecule has 0 fully saturated rings. The molecule has 0 radical (unpaired) electrons. The molecule has 0 saturated heterocycles. The van der Waals surface area contributed by atoms with Crippen molar-refractivity contribution in [1.82, 2.24) is 10.0 Å². The molecular weight excluding hydrogens is 319 g/mol. The van der Waals surface area contributed by atoms with Crippen molar-refractivity contribution in [2.75, 3.05) is 6.54 Å². The highest BCUT2D eigenvalue weighted by Crippen LogP contribution is 2.10. The van der Waals surface area contributed by atoms with Gasteiger partial charge in [0.1, 0.15) is 5.82 Å². The highest BCUT2D eigenvalue weighted by atomic mass is 32.2. The largest absolute Gasteiger partial charge is 0.351 e. The zero-order valence-corrected chi connectivity index (χ0v) is 13.4. The van der Waals surface area contributed by atoms with Crippen LogP contribution in [0.15, 0.2) is 53.4 Å². The number of nitrogens with one attached hydrogen (secondary N) is 2. The monoisotopic (exact) mass is 336 g/mol. The summed E-state index contributed by atoms with van der Waals surface area (Å²) in [6.07, 6.45) is 0. The number of hydrogen-bond acceptors (Lipinski definition) is 3. The number of rotatable bonds is 6. The van der Waals surface area contributed by atoms with Gasteiger partial charge in [-0.05, 0) is 30.7 Å². The zero-order chi connectivity index (χ0) is 16.9. The molecule has 23 heavy (non-hydrogen) atoms. The molecule has 2 aromatic rings. The van der Waals surface area contributed by atoms with E-state index in [-0.39, 0.29) is 11.4 Å². The lowest BCUT2D eigenvalue weighted by atomic mass is 10.2. The molecule has 0 aliphatic rings. The Morgan fingerprint density at radius 1 is 1.13 bits per heavy atom. The van der Waals surface area contributed by atoms with E-state index in [2.05, 4.69) is 10.0 Å². The van der Waals surface area contributed by atoms with Crippen LogP contribution < -0.4 is 10.0 Å². The first-order chi connectivity index (χ1) is 10.9. The van der Waals surface area contributed by atoms with Crippen molar-refractivity contribution in [3.05, 3.63) is 65.5 Å². The lowest BCUT2D eigenvalue weighted by Crippen LogP contribution is -2.36. The summed E-state index contributed by atoms with van der Waals surface area (Å²) >= 11 is 0. The smallest absolute Gasteiger partial charge is 0.241 e. The molecule has 2 aromatic carbocycles. The van der Waals surface area contributed by atoms with E-state index in [1.165, 1.54) is 18.2 Å². The summed E-state index contributed by atoms with van der Waals surface area (Å²) in [5.41, 5.74) is 1.14. The van der Waals surface area contributed by atoms with Crippen LogP contribution in [-0.2, 0) is 21.4 Å². The number of benzene rings is 2. The minimum atomic E-state index is -3.75. The SMILES string of the molecule is Cc1cccc(S(=O)(=O)NCC(=O)NCc2ccccc2F)c1. The standard InChI is InChI=1S/C16H17FN2O3S/c1-12-5-4-7-14(9-12)23(21,22)19-11-16(20)18-10-13-6-2-3-8-15(13)17/h2-9,19H,10-11H2,1H3,(H,18,20). The third-order valence-corrected chi connectivity index (χ3v) is 4.56. The molecular formula is C16H17FN2O3S. The second-order valence-corrected chi connectivity index (χ2v) is 6.78. The molecule has 0 spiro atoms.